The number of pyridine rings is 2. The number of aliphatic imine (C=N–C) groups is 1. The van der Waals surface area contributed by atoms with Crippen molar-refractivity contribution in [3.8, 4) is 0 Å². The molecule has 0 bridgehead atoms. The smallest absolute Gasteiger partial charge is 0.202 e. The van der Waals surface area contributed by atoms with Crippen molar-refractivity contribution in [2.75, 3.05) is 4.90 Å². The number of hydrogen-bond acceptors (Lipinski definition) is 3. The lowest BCUT2D eigenvalue weighted by Gasteiger charge is -2.26. The molecule has 1 aliphatic rings. The summed E-state index contributed by atoms with van der Waals surface area (Å²) in [4.78, 5) is 16.1. The van der Waals surface area contributed by atoms with Crippen molar-refractivity contribution >= 4 is 28.4 Å². The van der Waals surface area contributed by atoms with E-state index in [1.54, 1.807) is 6.20 Å². The van der Waals surface area contributed by atoms with Gasteiger partial charge in [-0.15, -0.1) is 0 Å². The Hall–Kier alpha value is -2.95. The van der Waals surface area contributed by atoms with E-state index in [1.807, 2.05) is 48.2 Å². The van der Waals surface area contributed by atoms with E-state index in [1.165, 1.54) is 19.3 Å². The zero-order chi connectivity index (χ0) is 18.6. The molecule has 3 aromatic rings. The molecule has 0 saturated heterocycles. The largest absolute Gasteiger partial charge is 0.369 e. The number of hydrogen-bond donors (Lipinski definition) is 1. The van der Waals surface area contributed by atoms with Gasteiger partial charge in [-0.1, -0.05) is 43.5 Å². The van der Waals surface area contributed by atoms with Gasteiger partial charge in [0.15, 0.2) is 0 Å². The van der Waals surface area contributed by atoms with Gasteiger partial charge in [0.25, 0.3) is 0 Å². The fraction of sp³-hybridized carbons (Fsp3) is 0.318. The molecule has 2 aromatic heterocycles. The molecule has 1 aliphatic carbocycles. The molecule has 0 unspecified atom stereocenters. The van der Waals surface area contributed by atoms with Crippen LogP contribution in [0.3, 0.4) is 0 Å². The Morgan fingerprint density at radius 2 is 1.85 bits per heavy atom. The number of aromatic nitrogens is 2. The molecular weight excluding hydrogens is 334 g/mol. The quantitative estimate of drug-likeness (QED) is 0.542. The first-order valence-corrected chi connectivity index (χ1v) is 9.63. The Morgan fingerprint density at radius 1 is 1.07 bits per heavy atom. The van der Waals surface area contributed by atoms with Gasteiger partial charge in [-0.25, -0.2) is 9.98 Å². The van der Waals surface area contributed by atoms with Crippen LogP contribution in [0.2, 0.25) is 0 Å². The molecule has 0 radical (unpaired) electrons. The second-order valence-electron chi connectivity index (χ2n) is 7.10. The number of aryl methyl sites for hydroxylation is 1. The number of nitrogens with zero attached hydrogens (tertiary/aromatic N) is 4. The lowest BCUT2D eigenvalue weighted by molar-refractivity contribution is 0.443. The summed E-state index contributed by atoms with van der Waals surface area (Å²) in [7, 11) is 0. The predicted molar refractivity (Wildman–Crippen MR) is 111 cm³/mol. The maximum atomic E-state index is 6.57. The van der Waals surface area contributed by atoms with Crippen LogP contribution in [0.1, 0.15) is 37.8 Å². The molecular formula is C22H25N5. The van der Waals surface area contributed by atoms with E-state index in [2.05, 4.69) is 22.1 Å². The summed E-state index contributed by atoms with van der Waals surface area (Å²) >= 11 is 0. The van der Waals surface area contributed by atoms with Gasteiger partial charge in [0.1, 0.15) is 5.82 Å². The third-order valence-electron chi connectivity index (χ3n) is 5.06. The Balaban J connectivity index is 1.85. The van der Waals surface area contributed by atoms with Gasteiger partial charge in [-0.2, -0.15) is 0 Å². The molecule has 0 aliphatic heterocycles. The van der Waals surface area contributed by atoms with Crippen LogP contribution in [-0.2, 0) is 0 Å². The Bertz CT molecular complexity index is 945. The molecule has 2 heterocycles. The lowest BCUT2D eigenvalue weighted by atomic mass is 9.96. The first-order valence-electron chi connectivity index (χ1n) is 9.63. The number of fused-ring (bicyclic) bond motifs is 1. The maximum Gasteiger partial charge on any atom is 0.202 e. The highest BCUT2D eigenvalue weighted by molar-refractivity contribution is 6.07. The van der Waals surface area contributed by atoms with E-state index in [4.69, 9.17) is 10.7 Å². The number of nitrogens with two attached hydrogens (primary N) is 1. The fourth-order valence-electron chi connectivity index (χ4n) is 3.78. The zero-order valence-corrected chi connectivity index (χ0v) is 15.7. The highest BCUT2D eigenvalue weighted by atomic mass is 15.3. The Labute approximate surface area is 160 Å². The average Bonchev–Trinajstić information content (AvgIpc) is 2.69. The topological polar surface area (TPSA) is 67.4 Å². The first-order chi connectivity index (χ1) is 13.2. The summed E-state index contributed by atoms with van der Waals surface area (Å²) in [5.41, 5.74) is 9.42. The molecule has 1 aromatic carbocycles. The van der Waals surface area contributed by atoms with E-state index < -0.39 is 0 Å². The van der Waals surface area contributed by atoms with E-state index in [0.29, 0.717) is 12.0 Å². The lowest BCUT2D eigenvalue weighted by Crippen LogP contribution is -2.36. The van der Waals surface area contributed by atoms with E-state index >= 15 is 0 Å². The second-order valence-corrected chi connectivity index (χ2v) is 7.10. The van der Waals surface area contributed by atoms with Crippen LogP contribution in [0.4, 0.5) is 11.5 Å². The summed E-state index contributed by atoms with van der Waals surface area (Å²) in [5.74, 6) is 1.27. The van der Waals surface area contributed by atoms with Gasteiger partial charge in [0, 0.05) is 17.3 Å². The van der Waals surface area contributed by atoms with Gasteiger partial charge in [0.05, 0.1) is 17.2 Å². The number of benzene rings is 1. The van der Waals surface area contributed by atoms with Crippen LogP contribution >= 0.6 is 0 Å². The summed E-state index contributed by atoms with van der Waals surface area (Å²) in [6, 6.07) is 16.3. The Morgan fingerprint density at radius 3 is 2.63 bits per heavy atom. The van der Waals surface area contributed by atoms with Gasteiger partial charge < -0.3 is 5.73 Å². The van der Waals surface area contributed by atoms with Crippen LogP contribution in [-0.4, -0.2) is 22.0 Å². The fourth-order valence-corrected chi connectivity index (χ4v) is 3.78. The molecule has 0 spiro atoms. The molecule has 2 N–H and O–H groups in total. The standard InChI is InChI=1S/C22H25N5/c1-16-15-20(18-11-5-6-12-19(18)25-16)27(21-13-7-8-14-24-21)22(23)26-17-9-3-2-4-10-17/h5-8,11-15,17H,2-4,9-10H2,1H3,(H2,23,26). The summed E-state index contributed by atoms with van der Waals surface area (Å²) < 4.78 is 0. The van der Waals surface area contributed by atoms with Crippen LogP contribution in [0, 0.1) is 6.92 Å². The SMILES string of the molecule is Cc1cc(N(C(N)=NC2CCCCC2)c2ccccn2)c2ccccc2n1. The second kappa shape index (κ2) is 7.74. The Kier molecular flexibility index (Phi) is 5.01. The summed E-state index contributed by atoms with van der Waals surface area (Å²) in [6.07, 6.45) is 7.74. The number of anilines is 2. The van der Waals surface area contributed by atoms with Crippen LogP contribution in [0.5, 0.6) is 0 Å². The number of rotatable bonds is 3. The molecule has 4 rings (SSSR count). The molecule has 5 nitrogen and oxygen atoms in total. The molecule has 5 heteroatoms. The summed E-state index contributed by atoms with van der Waals surface area (Å²) in [5, 5.41) is 1.04. The minimum atomic E-state index is 0.291. The highest BCUT2D eigenvalue weighted by Gasteiger charge is 2.20. The average molecular weight is 359 g/mol. The first kappa shape index (κ1) is 17.5. The van der Waals surface area contributed by atoms with E-state index in [9.17, 15) is 0 Å². The molecule has 0 amide bonds. The molecule has 138 valence electrons. The van der Waals surface area contributed by atoms with Crippen molar-refractivity contribution in [2.45, 2.75) is 45.1 Å². The van der Waals surface area contributed by atoms with Crippen LogP contribution in [0.15, 0.2) is 59.7 Å². The normalized spacial score (nSPS) is 15.8. The van der Waals surface area contributed by atoms with Gasteiger partial charge >= 0.3 is 0 Å². The molecule has 1 fully saturated rings. The summed E-state index contributed by atoms with van der Waals surface area (Å²) in [6.45, 7) is 2.00. The molecule has 1 saturated carbocycles. The predicted octanol–water partition coefficient (Wildman–Crippen LogP) is 4.72. The van der Waals surface area contributed by atoms with E-state index in [0.717, 1.165) is 40.9 Å². The van der Waals surface area contributed by atoms with E-state index in [-0.39, 0.29) is 0 Å². The molecule has 27 heavy (non-hydrogen) atoms. The van der Waals surface area contributed by atoms with Crippen molar-refractivity contribution in [3.63, 3.8) is 0 Å². The zero-order valence-electron chi connectivity index (χ0n) is 15.7. The van der Waals surface area contributed by atoms with Crippen LogP contribution in [0.25, 0.3) is 10.9 Å². The third kappa shape index (κ3) is 3.77. The van der Waals surface area contributed by atoms with Crippen molar-refractivity contribution in [1.82, 2.24) is 9.97 Å². The maximum absolute atomic E-state index is 6.57. The number of guanidine groups is 1. The minimum absolute atomic E-state index is 0.291. The van der Waals surface area contributed by atoms with Crippen molar-refractivity contribution in [3.05, 3.63) is 60.4 Å². The van der Waals surface area contributed by atoms with Crippen LogP contribution < -0.4 is 10.6 Å². The van der Waals surface area contributed by atoms with Gasteiger partial charge in [-0.3, -0.25) is 9.88 Å². The monoisotopic (exact) mass is 359 g/mol. The van der Waals surface area contributed by atoms with Crippen molar-refractivity contribution in [2.24, 2.45) is 10.7 Å². The number of para-hydroxylation sites is 1. The van der Waals surface area contributed by atoms with Crippen molar-refractivity contribution in [1.29, 1.82) is 0 Å². The van der Waals surface area contributed by atoms with Crippen molar-refractivity contribution < 1.29 is 0 Å². The molecule has 0 atom stereocenters. The van der Waals surface area contributed by atoms with Gasteiger partial charge in [-0.05, 0) is 44.0 Å². The highest BCUT2D eigenvalue weighted by Crippen LogP contribution is 2.32. The third-order valence-corrected chi connectivity index (χ3v) is 5.06. The minimum Gasteiger partial charge on any atom is -0.369 e. The van der Waals surface area contributed by atoms with Gasteiger partial charge in [0.2, 0.25) is 5.96 Å².